The largest absolute Gasteiger partial charge is 0.495 e. The van der Waals surface area contributed by atoms with Crippen LogP contribution in [0.3, 0.4) is 0 Å². The number of benzene rings is 1. The summed E-state index contributed by atoms with van der Waals surface area (Å²) in [6, 6.07) is 5.43. The zero-order valence-corrected chi connectivity index (χ0v) is 13.5. The lowest BCUT2D eigenvalue weighted by atomic mass is 9.78. The summed E-state index contributed by atoms with van der Waals surface area (Å²) in [6.07, 6.45) is 1.49. The number of nitrogens with zero attached hydrogens (tertiary/aromatic N) is 1. The minimum absolute atomic E-state index is 0.222. The molecule has 4 heteroatoms. The molecule has 4 nitrogen and oxygen atoms in total. The summed E-state index contributed by atoms with van der Waals surface area (Å²) in [5, 5.41) is 9.63. The Morgan fingerprint density at radius 3 is 2.71 bits per heavy atom. The fourth-order valence-corrected chi connectivity index (χ4v) is 3.67. The molecule has 116 valence electrons. The molecule has 0 aromatic heterocycles. The number of hydrogen-bond donors (Lipinski definition) is 1. The van der Waals surface area contributed by atoms with Gasteiger partial charge in [-0.25, -0.2) is 4.79 Å². The van der Waals surface area contributed by atoms with E-state index in [9.17, 15) is 9.90 Å². The van der Waals surface area contributed by atoms with Gasteiger partial charge in [-0.3, -0.25) is 0 Å². The normalized spacial score (nSPS) is 21.6. The maximum absolute atomic E-state index is 11.7. The van der Waals surface area contributed by atoms with E-state index in [0.29, 0.717) is 12.3 Å². The molecule has 0 saturated carbocycles. The fraction of sp³-hybridized carbons (Fsp3) is 0.588. The molecule has 0 aliphatic carbocycles. The van der Waals surface area contributed by atoms with Crippen LogP contribution in [0.5, 0.6) is 5.75 Å². The van der Waals surface area contributed by atoms with Crippen molar-refractivity contribution >= 4 is 11.7 Å². The second-order valence-corrected chi connectivity index (χ2v) is 6.45. The highest BCUT2D eigenvalue weighted by molar-refractivity contribution is 5.82. The first kappa shape index (κ1) is 15.7. The van der Waals surface area contributed by atoms with Gasteiger partial charge in [0, 0.05) is 5.54 Å². The van der Waals surface area contributed by atoms with E-state index in [1.165, 1.54) is 5.56 Å². The second-order valence-electron chi connectivity index (χ2n) is 6.45. The van der Waals surface area contributed by atoms with Crippen molar-refractivity contribution in [2.45, 2.75) is 58.0 Å². The molecule has 1 heterocycles. The Morgan fingerprint density at radius 2 is 2.19 bits per heavy atom. The molecule has 2 atom stereocenters. The van der Waals surface area contributed by atoms with Crippen LogP contribution in [-0.4, -0.2) is 29.8 Å². The van der Waals surface area contributed by atoms with E-state index >= 15 is 0 Å². The monoisotopic (exact) mass is 291 g/mol. The van der Waals surface area contributed by atoms with Crippen LogP contribution in [0.25, 0.3) is 0 Å². The first-order valence-corrected chi connectivity index (χ1v) is 7.52. The predicted octanol–water partition coefficient (Wildman–Crippen LogP) is 3.65. The average molecular weight is 291 g/mol. The number of rotatable bonds is 4. The van der Waals surface area contributed by atoms with Crippen molar-refractivity contribution in [1.29, 1.82) is 0 Å². The van der Waals surface area contributed by atoms with Gasteiger partial charge >= 0.3 is 5.97 Å². The Balaban J connectivity index is 2.68. The molecule has 0 amide bonds. The number of carbonyl (C=O) groups is 1. The van der Waals surface area contributed by atoms with E-state index in [1.54, 1.807) is 7.11 Å². The van der Waals surface area contributed by atoms with Crippen LogP contribution >= 0.6 is 0 Å². The summed E-state index contributed by atoms with van der Waals surface area (Å²) in [5.74, 6) is 0.358. The fourth-order valence-electron chi connectivity index (χ4n) is 3.67. The van der Waals surface area contributed by atoms with Gasteiger partial charge < -0.3 is 14.7 Å². The zero-order valence-electron chi connectivity index (χ0n) is 13.5. The van der Waals surface area contributed by atoms with Gasteiger partial charge in [0.2, 0.25) is 0 Å². The summed E-state index contributed by atoms with van der Waals surface area (Å²) in [6.45, 7) is 8.34. The third-order valence-electron chi connectivity index (χ3n) is 4.46. The summed E-state index contributed by atoms with van der Waals surface area (Å²) in [7, 11) is 1.64. The van der Waals surface area contributed by atoms with Crippen molar-refractivity contribution in [1.82, 2.24) is 0 Å². The molecule has 1 aliphatic rings. The smallest absolute Gasteiger partial charge is 0.326 e. The van der Waals surface area contributed by atoms with Crippen LogP contribution in [0.15, 0.2) is 18.2 Å². The van der Waals surface area contributed by atoms with Crippen LogP contribution in [0.2, 0.25) is 0 Å². The molecule has 0 saturated heterocycles. The number of fused-ring (bicyclic) bond motifs is 1. The molecule has 0 spiro atoms. The standard InChI is InChI=1S/C17H25NO3/c1-6-13(16(19)20)18-15-12(8-7-9-14(15)21-5)11(2)10-17(18,3)4/h7-9,11,13H,6,10H2,1-5H3,(H,19,20)/t11-,13+/m0/s1. The molecule has 2 rings (SSSR count). The Morgan fingerprint density at radius 1 is 1.52 bits per heavy atom. The third kappa shape index (κ3) is 2.59. The average Bonchev–Trinajstić information content (AvgIpc) is 2.41. The molecule has 0 bridgehead atoms. The molecular weight excluding hydrogens is 266 g/mol. The number of methoxy groups -OCH3 is 1. The lowest BCUT2D eigenvalue weighted by molar-refractivity contribution is -0.139. The molecule has 0 unspecified atom stereocenters. The molecule has 0 fully saturated rings. The number of anilines is 1. The predicted molar refractivity (Wildman–Crippen MR) is 84.3 cm³/mol. The highest BCUT2D eigenvalue weighted by atomic mass is 16.5. The number of ether oxygens (including phenoxy) is 1. The van der Waals surface area contributed by atoms with Crippen LogP contribution in [0.1, 0.15) is 52.0 Å². The second kappa shape index (κ2) is 5.58. The van der Waals surface area contributed by atoms with Gasteiger partial charge in [0.15, 0.2) is 0 Å². The van der Waals surface area contributed by atoms with E-state index in [-0.39, 0.29) is 5.54 Å². The van der Waals surface area contributed by atoms with Crippen molar-refractivity contribution < 1.29 is 14.6 Å². The Hall–Kier alpha value is -1.71. The summed E-state index contributed by atoms with van der Waals surface area (Å²) in [5.41, 5.74) is 1.89. The lowest BCUT2D eigenvalue weighted by Gasteiger charge is -2.50. The zero-order chi connectivity index (χ0) is 15.8. The van der Waals surface area contributed by atoms with Gasteiger partial charge in [0.1, 0.15) is 11.8 Å². The van der Waals surface area contributed by atoms with E-state index in [4.69, 9.17) is 4.74 Å². The number of carboxylic acid groups (broad SMARTS) is 1. The van der Waals surface area contributed by atoms with Crippen molar-refractivity contribution in [2.24, 2.45) is 0 Å². The first-order chi connectivity index (χ1) is 9.83. The first-order valence-electron chi connectivity index (χ1n) is 7.52. The van der Waals surface area contributed by atoms with Gasteiger partial charge in [-0.15, -0.1) is 0 Å². The molecule has 21 heavy (non-hydrogen) atoms. The number of para-hydroxylation sites is 1. The minimum atomic E-state index is -0.781. The van der Waals surface area contributed by atoms with Crippen LogP contribution in [0, 0.1) is 0 Å². The summed E-state index contributed by atoms with van der Waals surface area (Å²) >= 11 is 0. The lowest BCUT2D eigenvalue weighted by Crippen LogP contribution is -2.56. The van der Waals surface area contributed by atoms with Gasteiger partial charge in [0.25, 0.3) is 0 Å². The van der Waals surface area contributed by atoms with E-state index < -0.39 is 12.0 Å². The third-order valence-corrected chi connectivity index (χ3v) is 4.46. The number of carboxylic acids is 1. The van der Waals surface area contributed by atoms with Crippen molar-refractivity contribution in [2.75, 3.05) is 12.0 Å². The van der Waals surface area contributed by atoms with Crippen LogP contribution in [0.4, 0.5) is 5.69 Å². The van der Waals surface area contributed by atoms with Crippen molar-refractivity contribution in [3.05, 3.63) is 23.8 Å². The molecule has 0 radical (unpaired) electrons. The highest BCUT2D eigenvalue weighted by Crippen LogP contribution is 2.48. The van der Waals surface area contributed by atoms with E-state index in [0.717, 1.165) is 17.9 Å². The summed E-state index contributed by atoms with van der Waals surface area (Å²) < 4.78 is 5.52. The Labute approximate surface area is 126 Å². The highest BCUT2D eigenvalue weighted by Gasteiger charge is 2.43. The van der Waals surface area contributed by atoms with Crippen molar-refractivity contribution in [3.8, 4) is 5.75 Å². The van der Waals surface area contributed by atoms with Gasteiger partial charge in [-0.2, -0.15) is 0 Å². The van der Waals surface area contributed by atoms with Gasteiger partial charge in [-0.05, 0) is 44.2 Å². The maximum atomic E-state index is 11.7. The minimum Gasteiger partial charge on any atom is -0.495 e. The summed E-state index contributed by atoms with van der Waals surface area (Å²) in [4.78, 5) is 13.8. The van der Waals surface area contributed by atoms with Crippen molar-refractivity contribution in [3.63, 3.8) is 0 Å². The quantitative estimate of drug-likeness (QED) is 0.920. The Kier molecular flexibility index (Phi) is 4.17. The molecule has 1 N–H and O–H groups in total. The Bertz CT molecular complexity index is 539. The molecule has 1 aromatic rings. The molecule has 1 aromatic carbocycles. The molecular formula is C17H25NO3. The molecule has 1 aliphatic heterocycles. The number of hydrogen-bond acceptors (Lipinski definition) is 3. The van der Waals surface area contributed by atoms with Crippen LogP contribution in [-0.2, 0) is 4.79 Å². The van der Waals surface area contributed by atoms with Crippen LogP contribution < -0.4 is 9.64 Å². The van der Waals surface area contributed by atoms with E-state index in [1.807, 2.05) is 24.0 Å². The van der Waals surface area contributed by atoms with Gasteiger partial charge in [-0.1, -0.05) is 26.0 Å². The maximum Gasteiger partial charge on any atom is 0.326 e. The van der Waals surface area contributed by atoms with Gasteiger partial charge in [0.05, 0.1) is 12.8 Å². The topological polar surface area (TPSA) is 49.8 Å². The number of aliphatic carboxylic acids is 1. The SMILES string of the molecule is CC[C@H](C(=O)O)N1c2c(OC)cccc2[C@@H](C)CC1(C)C. The van der Waals surface area contributed by atoms with E-state index in [2.05, 4.69) is 26.8 Å².